The number of halogens is 1. The first-order valence-electron chi connectivity index (χ1n) is 12.9. The van der Waals surface area contributed by atoms with E-state index in [9.17, 15) is 0 Å². The first-order chi connectivity index (χ1) is 17.2. The summed E-state index contributed by atoms with van der Waals surface area (Å²) in [4.78, 5) is 0. The van der Waals surface area contributed by atoms with Crippen molar-refractivity contribution in [1.82, 2.24) is 9.13 Å². The molecule has 6 aromatic rings. The quantitative estimate of drug-likeness (QED) is 0.169. The van der Waals surface area contributed by atoms with Crippen molar-refractivity contribution in [2.45, 2.75) is 52.6 Å². The highest BCUT2D eigenvalue weighted by molar-refractivity contribution is 14.1. The third-order valence-electron chi connectivity index (χ3n) is 7.40. The topological polar surface area (TPSA) is 9.86 Å². The summed E-state index contributed by atoms with van der Waals surface area (Å²) in [6.07, 6.45) is 4.81. The molecule has 176 valence electrons. The minimum Gasteiger partial charge on any atom is -0.340 e. The van der Waals surface area contributed by atoms with Gasteiger partial charge in [0, 0.05) is 60.3 Å². The standard InChI is InChI=1S/C32H31IN2/c1-3-5-17-34-29-10-8-7-9-25(29)26-19-22(11-14-30(26)34)23-12-15-31-27(20-23)28-21-24(33)13-16-32(28)35(31)18-6-4-2/h7-16,19-21H,3-6,17-18H2,1-2H3. The second kappa shape index (κ2) is 9.34. The molecule has 4 aromatic carbocycles. The highest BCUT2D eigenvalue weighted by Gasteiger charge is 2.14. The van der Waals surface area contributed by atoms with Crippen LogP contribution >= 0.6 is 22.6 Å². The molecular weight excluding hydrogens is 539 g/mol. The number of para-hydroxylation sites is 1. The van der Waals surface area contributed by atoms with Gasteiger partial charge in [-0.1, -0.05) is 57.0 Å². The van der Waals surface area contributed by atoms with Crippen LogP contribution in [0.4, 0.5) is 0 Å². The third kappa shape index (κ3) is 3.85. The van der Waals surface area contributed by atoms with Crippen molar-refractivity contribution in [3.8, 4) is 11.1 Å². The van der Waals surface area contributed by atoms with E-state index < -0.39 is 0 Å². The van der Waals surface area contributed by atoms with E-state index in [-0.39, 0.29) is 0 Å². The van der Waals surface area contributed by atoms with Gasteiger partial charge in [-0.2, -0.15) is 0 Å². The summed E-state index contributed by atoms with van der Waals surface area (Å²) in [7, 11) is 0. The summed E-state index contributed by atoms with van der Waals surface area (Å²) in [6, 6.07) is 29.8. The number of aryl methyl sites for hydroxylation is 2. The molecule has 2 nitrogen and oxygen atoms in total. The van der Waals surface area contributed by atoms with Crippen molar-refractivity contribution in [2.24, 2.45) is 0 Å². The summed E-state index contributed by atoms with van der Waals surface area (Å²) in [6.45, 7) is 6.67. The number of nitrogens with zero attached hydrogens (tertiary/aromatic N) is 2. The van der Waals surface area contributed by atoms with Gasteiger partial charge >= 0.3 is 0 Å². The molecule has 2 heterocycles. The highest BCUT2D eigenvalue weighted by Crippen LogP contribution is 2.36. The Morgan fingerprint density at radius 3 is 1.63 bits per heavy atom. The Balaban J connectivity index is 1.54. The van der Waals surface area contributed by atoms with Crippen LogP contribution in [0.15, 0.2) is 78.9 Å². The van der Waals surface area contributed by atoms with E-state index in [1.807, 2.05) is 0 Å². The molecule has 6 rings (SSSR count). The Labute approximate surface area is 220 Å². The van der Waals surface area contributed by atoms with Crippen molar-refractivity contribution in [3.05, 3.63) is 82.4 Å². The number of aromatic nitrogens is 2. The maximum Gasteiger partial charge on any atom is 0.0492 e. The number of hydrogen-bond donors (Lipinski definition) is 0. The molecule has 2 aromatic heterocycles. The van der Waals surface area contributed by atoms with Gasteiger partial charge in [0.2, 0.25) is 0 Å². The summed E-state index contributed by atoms with van der Waals surface area (Å²) in [5.41, 5.74) is 7.96. The number of fused-ring (bicyclic) bond motifs is 6. The maximum atomic E-state index is 2.51. The van der Waals surface area contributed by atoms with E-state index in [2.05, 4.69) is 124 Å². The lowest BCUT2D eigenvalue weighted by molar-refractivity contribution is 0.665. The highest BCUT2D eigenvalue weighted by atomic mass is 127. The lowest BCUT2D eigenvalue weighted by Gasteiger charge is -2.08. The molecule has 0 aliphatic heterocycles. The zero-order chi connectivity index (χ0) is 23.9. The fourth-order valence-corrected chi connectivity index (χ4v) is 6.09. The molecule has 0 radical (unpaired) electrons. The van der Waals surface area contributed by atoms with Crippen molar-refractivity contribution in [2.75, 3.05) is 0 Å². The number of benzene rings is 4. The van der Waals surface area contributed by atoms with Gasteiger partial charge in [-0.05, 0) is 95.1 Å². The molecule has 0 bridgehead atoms. The van der Waals surface area contributed by atoms with Crippen LogP contribution < -0.4 is 0 Å². The van der Waals surface area contributed by atoms with Gasteiger partial charge in [0.15, 0.2) is 0 Å². The average Bonchev–Trinajstić information content (AvgIpc) is 3.37. The first kappa shape index (κ1) is 22.7. The third-order valence-corrected chi connectivity index (χ3v) is 8.07. The summed E-state index contributed by atoms with van der Waals surface area (Å²) < 4.78 is 6.31. The van der Waals surface area contributed by atoms with Crippen LogP contribution in [0, 0.1) is 3.57 Å². The largest absolute Gasteiger partial charge is 0.340 e. The van der Waals surface area contributed by atoms with Gasteiger partial charge in [0.1, 0.15) is 0 Å². The predicted molar refractivity (Wildman–Crippen MR) is 160 cm³/mol. The smallest absolute Gasteiger partial charge is 0.0492 e. The number of hydrogen-bond acceptors (Lipinski definition) is 0. The molecule has 0 saturated carbocycles. The predicted octanol–water partition coefficient (Wildman–Crippen LogP) is 9.77. The van der Waals surface area contributed by atoms with Crippen molar-refractivity contribution >= 4 is 66.2 Å². The molecule has 0 amide bonds. The summed E-state index contributed by atoms with van der Waals surface area (Å²) >= 11 is 2.44. The van der Waals surface area contributed by atoms with Gasteiger partial charge in [-0.3, -0.25) is 0 Å². The molecule has 0 aliphatic carbocycles. The minimum absolute atomic E-state index is 1.07. The molecule has 0 fully saturated rings. The van der Waals surface area contributed by atoms with Crippen LogP contribution in [-0.4, -0.2) is 9.13 Å². The Morgan fingerprint density at radius 2 is 1.03 bits per heavy atom. The molecule has 0 spiro atoms. The van der Waals surface area contributed by atoms with Gasteiger partial charge < -0.3 is 9.13 Å². The second-order valence-corrected chi connectivity index (χ2v) is 10.9. The molecule has 0 saturated heterocycles. The van der Waals surface area contributed by atoms with Crippen molar-refractivity contribution in [3.63, 3.8) is 0 Å². The fourth-order valence-electron chi connectivity index (χ4n) is 5.60. The number of unbranched alkanes of at least 4 members (excludes halogenated alkanes) is 2. The van der Waals surface area contributed by atoms with Gasteiger partial charge in [0.25, 0.3) is 0 Å². The van der Waals surface area contributed by atoms with Crippen LogP contribution in [0.1, 0.15) is 39.5 Å². The summed E-state index contributed by atoms with van der Waals surface area (Å²) in [5, 5.41) is 5.43. The van der Waals surface area contributed by atoms with Gasteiger partial charge in [-0.25, -0.2) is 0 Å². The maximum absolute atomic E-state index is 2.51. The van der Waals surface area contributed by atoms with Crippen LogP contribution in [0.2, 0.25) is 0 Å². The fraction of sp³-hybridized carbons (Fsp3) is 0.250. The van der Waals surface area contributed by atoms with Crippen LogP contribution in [-0.2, 0) is 13.1 Å². The normalized spacial score (nSPS) is 12.0. The van der Waals surface area contributed by atoms with Crippen LogP contribution in [0.5, 0.6) is 0 Å². The molecule has 0 unspecified atom stereocenters. The summed E-state index contributed by atoms with van der Waals surface area (Å²) in [5.74, 6) is 0. The molecule has 3 heteroatoms. The second-order valence-electron chi connectivity index (χ2n) is 9.65. The van der Waals surface area contributed by atoms with Crippen LogP contribution in [0.3, 0.4) is 0 Å². The monoisotopic (exact) mass is 570 g/mol. The Kier molecular flexibility index (Phi) is 6.05. The van der Waals surface area contributed by atoms with Gasteiger partial charge in [0.05, 0.1) is 0 Å². The van der Waals surface area contributed by atoms with E-state index in [0.717, 1.165) is 13.1 Å². The Hall–Kier alpha value is -2.79. The van der Waals surface area contributed by atoms with E-state index in [1.165, 1.54) is 84.0 Å². The minimum atomic E-state index is 1.07. The Morgan fingerprint density at radius 1 is 0.543 bits per heavy atom. The van der Waals surface area contributed by atoms with E-state index >= 15 is 0 Å². The average molecular weight is 571 g/mol. The van der Waals surface area contributed by atoms with E-state index in [1.54, 1.807) is 0 Å². The SMILES string of the molecule is CCCCn1c2ccccc2c2cc(-c3ccc4c(c3)c3cc(I)ccc3n4CCCC)ccc21. The number of rotatable bonds is 7. The zero-order valence-electron chi connectivity index (χ0n) is 20.5. The zero-order valence-corrected chi connectivity index (χ0v) is 22.7. The molecule has 0 N–H and O–H groups in total. The van der Waals surface area contributed by atoms with E-state index in [4.69, 9.17) is 0 Å². The van der Waals surface area contributed by atoms with Crippen LogP contribution in [0.25, 0.3) is 54.7 Å². The van der Waals surface area contributed by atoms with E-state index in [0.29, 0.717) is 0 Å². The van der Waals surface area contributed by atoms with Crippen molar-refractivity contribution in [1.29, 1.82) is 0 Å². The lowest BCUT2D eigenvalue weighted by atomic mass is 10.0. The van der Waals surface area contributed by atoms with Gasteiger partial charge in [-0.15, -0.1) is 0 Å². The lowest BCUT2D eigenvalue weighted by Crippen LogP contribution is -1.97. The molecular formula is C32H31IN2. The molecule has 35 heavy (non-hydrogen) atoms. The molecule has 0 atom stereocenters. The molecule has 0 aliphatic rings. The first-order valence-corrected chi connectivity index (χ1v) is 14.0. The van der Waals surface area contributed by atoms with Crippen molar-refractivity contribution < 1.29 is 0 Å². The Bertz CT molecular complexity index is 1690.